The van der Waals surface area contributed by atoms with Crippen LogP contribution in [0.15, 0.2) is 29.6 Å². The molecule has 1 atom stereocenters. The quantitative estimate of drug-likeness (QED) is 0.440. The van der Waals surface area contributed by atoms with Crippen LogP contribution < -0.4 is 0 Å². The summed E-state index contributed by atoms with van der Waals surface area (Å²) in [5.41, 5.74) is 0.794. The fourth-order valence-electron chi connectivity index (χ4n) is 1.21. The highest BCUT2D eigenvalue weighted by atomic mass is 35.5. The number of halogens is 1. The number of rotatable bonds is 4. The summed E-state index contributed by atoms with van der Waals surface area (Å²) in [7, 11) is 3.05. The van der Waals surface area contributed by atoms with Crippen molar-refractivity contribution >= 4 is 11.6 Å². The lowest BCUT2D eigenvalue weighted by molar-refractivity contribution is -0.0199. The van der Waals surface area contributed by atoms with Crippen LogP contribution in [0.2, 0.25) is 5.02 Å². The van der Waals surface area contributed by atoms with Gasteiger partial charge in [0.25, 0.3) is 0 Å². The smallest absolute Gasteiger partial charge is 0.174 e. The average Bonchev–Trinajstić information content (AvgIpc) is 2.19. The van der Waals surface area contributed by atoms with Crippen LogP contribution >= 0.6 is 11.6 Å². The molecule has 0 aliphatic heterocycles. The van der Waals surface area contributed by atoms with E-state index in [0.29, 0.717) is 5.02 Å². The molecule has 0 radical (unpaired) electrons. The number of ether oxygens (including phenoxy) is 1. The van der Waals surface area contributed by atoms with E-state index in [1.165, 1.54) is 12.1 Å². The summed E-state index contributed by atoms with van der Waals surface area (Å²) in [6.45, 7) is 0. The molecule has 0 saturated carbocycles. The Labute approximate surface area is 87.4 Å². The van der Waals surface area contributed by atoms with Gasteiger partial charge in [-0.05, 0) is 12.1 Å². The molecule has 0 N–H and O–H groups in total. The molecule has 0 aliphatic rings. The SMILES string of the molecule is COC(c1cccc(Cl)c1)N(C)N=O. The van der Waals surface area contributed by atoms with Gasteiger partial charge in [-0.15, -0.1) is 4.91 Å². The molecule has 1 rings (SSSR count). The van der Waals surface area contributed by atoms with Crippen molar-refractivity contribution in [2.75, 3.05) is 14.2 Å². The third kappa shape index (κ3) is 2.43. The Kier molecular flexibility index (Phi) is 3.85. The zero-order valence-electron chi connectivity index (χ0n) is 7.98. The Hall–Kier alpha value is -1.13. The van der Waals surface area contributed by atoms with E-state index in [9.17, 15) is 4.91 Å². The van der Waals surface area contributed by atoms with Crippen LogP contribution in [0, 0.1) is 4.91 Å². The number of nitrogens with zero attached hydrogens (tertiary/aromatic N) is 2. The van der Waals surface area contributed by atoms with Crippen molar-refractivity contribution < 1.29 is 4.74 Å². The lowest BCUT2D eigenvalue weighted by Crippen LogP contribution is -2.20. The van der Waals surface area contributed by atoms with Crippen LogP contribution in [0.1, 0.15) is 11.8 Å². The van der Waals surface area contributed by atoms with E-state index >= 15 is 0 Å². The first kappa shape index (κ1) is 10.9. The molecule has 0 saturated heterocycles. The molecule has 0 fully saturated rings. The van der Waals surface area contributed by atoms with E-state index in [0.717, 1.165) is 5.56 Å². The van der Waals surface area contributed by atoms with E-state index in [1.54, 1.807) is 25.2 Å². The molecule has 1 aromatic rings. The maximum absolute atomic E-state index is 10.3. The van der Waals surface area contributed by atoms with Gasteiger partial charge < -0.3 is 4.74 Å². The summed E-state index contributed by atoms with van der Waals surface area (Å²) < 4.78 is 5.12. The van der Waals surface area contributed by atoms with Crippen molar-refractivity contribution in [3.05, 3.63) is 39.8 Å². The average molecular weight is 215 g/mol. The highest BCUT2D eigenvalue weighted by Gasteiger charge is 2.15. The zero-order chi connectivity index (χ0) is 10.6. The van der Waals surface area contributed by atoms with E-state index < -0.39 is 6.23 Å². The van der Waals surface area contributed by atoms with Crippen LogP contribution in [0.25, 0.3) is 0 Å². The van der Waals surface area contributed by atoms with Gasteiger partial charge in [0.2, 0.25) is 0 Å². The molecule has 14 heavy (non-hydrogen) atoms. The lowest BCUT2D eigenvalue weighted by Gasteiger charge is -2.21. The first-order valence-electron chi connectivity index (χ1n) is 4.03. The summed E-state index contributed by atoms with van der Waals surface area (Å²) in [6.07, 6.45) is -0.494. The van der Waals surface area contributed by atoms with Crippen molar-refractivity contribution in [2.24, 2.45) is 5.29 Å². The maximum atomic E-state index is 10.3. The van der Waals surface area contributed by atoms with E-state index in [-0.39, 0.29) is 0 Å². The molecule has 0 amide bonds. The summed E-state index contributed by atoms with van der Waals surface area (Å²) in [5, 5.41) is 4.57. The number of nitroso groups, excluding NO2 is 1. The first-order valence-corrected chi connectivity index (χ1v) is 4.41. The van der Waals surface area contributed by atoms with Crippen LogP contribution in [-0.2, 0) is 4.74 Å². The van der Waals surface area contributed by atoms with Crippen molar-refractivity contribution in [1.82, 2.24) is 5.01 Å². The normalized spacial score (nSPS) is 12.2. The van der Waals surface area contributed by atoms with Gasteiger partial charge in [0.15, 0.2) is 6.23 Å². The topological polar surface area (TPSA) is 41.9 Å². The number of methoxy groups -OCH3 is 1. The van der Waals surface area contributed by atoms with Gasteiger partial charge in [-0.1, -0.05) is 23.7 Å². The van der Waals surface area contributed by atoms with Crippen molar-refractivity contribution in [2.45, 2.75) is 6.23 Å². The Morgan fingerprint density at radius 2 is 2.29 bits per heavy atom. The van der Waals surface area contributed by atoms with Gasteiger partial charge in [0.05, 0.1) is 5.29 Å². The monoisotopic (exact) mass is 214 g/mol. The summed E-state index contributed by atoms with van der Waals surface area (Å²) in [4.78, 5) is 10.3. The molecule has 0 aromatic heterocycles. The van der Waals surface area contributed by atoms with Gasteiger partial charge in [-0.25, -0.2) is 5.01 Å². The standard InChI is InChI=1S/C9H11ClN2O2/c1-12(11-13)9(14-2)7-4-3-5-8(10)6-7/h3-6,9H,1-2H3. The Morgan fingerprint density at radius 1 is 1.57 bits per heavy atom. The number of hydrogen-bond donors (Lipinski definition) is 0. The predicted molar refractivity (Wildman–Crippen MR) is 54.8 cm³/mol. The molecule has 76 valence electrons. The molecule has 0 spiro atoms. The minimum atomic E-state index is -0.494. The molecule has 0 aliphatic carbocycles. The summed E-state index contributed by atoms with van der Waals surface area (Å²) in [6, 6.07) is 7.10. The van der Waals surface area contributed by atoms with Crippen molar-refractivity contribution in [3.63, 3.8) is 0 Å². The summed E-state index contributed by atoms with van der Waals surface area (Å²) >= 11 is 5.81. The zero-order valence-corrected chi connectivity index (χ0v) is 8.73. The number of benzene rings is 1. The third-order valence-corrected chi connectivity index (χ3v) is 2.06. The first-order chi connectivity index (χ1) is 6.69. The maximum Gasteiger partial charge on any atom is 0.174 e. The molecule has 5 heteroatoms. The highest BCUT2D eigenvalue weighted by molar-refractivity contribution is 6.30. The Balaban J connectivity index is 2.94. The second-order valence-corrected chi connectivity index (χ2v) is 3.23. The molecule has 1 aromatic carbocycles. The van der Waals surface area contributed by atoms with Gasteiger partial charge in [-0.3, -0.25) is 0 Å². The molecule has 4 nitrogen and oxygen atoms in total. The van der Waals surface area contributed by atoms with Crippen LogP contribution in [-0.4, -0.2) is 19.2 Å². The molecule has 1 unspecified atom stereocenters. The molecule has 0 bridgehead atoms. The second kappa shape index (κ2) is 4.93. The lowest BCUT2D eigenvalue weighted by atomic mass is 10.2. The van der Waals surface area contributed by atoms with E-state index in [2.05, 4.69) is 5.29 Å². The van der Waals surface area contributed by atoms with E-state index in [1.807, 2.05) is 6.07 Å². The van der Waals surface area contributed by atoms with Crippen LogP contribution in [0.3, 0.4) is 0 Å². The molecule has 0 heterocycles. The van der Waals surface area contributed by atoms with Crippen LogP contribution in [0.5, 0.6) is 0 Å². The minimum absolute atomic E-state index is 0.494. The number of hydrogen-bond acceptors (Lipinski definition) is 3. The van der Waals surface area contributed by atoms with Gasteiger partial charge in [0.1, 0.15) is 0 Å². The van der Waals surface area contributed by atoms with Crippen molar-refractivity contribution in [3.8, 4) is 0 Å². The fourth-order valence-corrected chi connectivity index (χ4v) is 1.41. The molecular formula is C9H11ClN2O2. The van der Waals surface area contributed by atoms with Gasteiger partial charge in [0, 0.05) is 24.7 Å². The van der Waals surface area contributed by atoms with E-state index in [4.69, 9.17) is 16.3 Å². The summed E-state index contributed by atoms with van der Waals surface area (Å²) in [5.74, 6) is 0. The van der Waals surface area contributed by atoms with Crippen LogP contribution in [0.4, 0.5) is 0 Å². The highest BCUT2D eigenvalue weighted by Crippen LogP contribution is 2.22. The fraction of sp³-hybridized carbons (Fsp3) is 0.333. The Morgan fingerprint density at radius 3 is 2.79 bits per heavy atom. The third-order valence-electron chi connectivity index (χ3n) is 1.83. The minimum Gasteiger partial charge on any atom is -0.356 e. The van der Waals surface area contributed by atoms with Gasteiger partial charge >= 0.3 is 0 Å². The molecular weight excluding hydrogens is 204 g/mol. The Bertz CT molecular complexity index is 319. The second-order valence-electron chi connectivity index (χ2n) is 2.80. The van der Waals surface area contributed by atoms with Gasteiger partial charge in [-0.2, -0.15) is 0 Å². The predicted octanol–water partition coefficient (Wildman–Crippen LogP) is 2.60. The largest absolute Gasteiger partial charge is 0.356 e. The van der Waals surface area contributed by atoms with Crippen molar-refractivity contribution in [1.29, 1.82) is 0 Å².